The molecule has 0 aliphatic carbocycles. The molecule has 0 saturated carbocycles. The first-order valence-corrected chi connectivity index (χ1v) is 8.97. The molecule has 3 atom stereocenters. The summed E-state index contributed by atoms with van der Waals surface area (Å²) in [5, 5.41) is 0. The van der Waals surface area contributed by atoms with Gasteiger partial charge in [0.25, 0.3) is 0 Å². The quantitative estimate of drug-likeness (QED) is 0.771. The molecule has 0 bridgehead atoms. The summed E-state index contributed by atoms with van der Waals surface area (Å²) < 4.78 is 19.1. The summed E-state index contributed by atoms with van der Waals surface area (Å²) in [6, 6.07) is 5.05. The van der Waals surface area contributed by atoms with Crippen molar-refractivity contribution < 1.29 is 13.9 Å². The van der Waals surface area contributed by atoms with E-state index in [1.165, 1.54) is 6.07 Å². The van der Waals surface area contributed by atoms with Crippen LogP contribution in [-0.2, 0) is 9.53 Å². The topological polar surface area (TPSA) is 48.9 Å². The predicted octanol–water partition coefficient (Wildman–Crippen LogP) is 1.37. The Labute approximate surface area is 148 Å². The number of carbonyl (C=O) groups excluding carboxylic acids is 1. The van der Waals surface area contributed by atoms with Gasteiger partial charge in [0.1, 0.15) is 5.82 Å². The number of amides is 1. The Bertz CT molecular complexity index is 604. The highest BCUT2D eigenvalue weighted by Gasteiger charge is 2.30. The Kier molecular flexibility index (Phi) is 5.54. The normalized spacial score (nSPS) is 28.2. The Morgan fingerprint density at radius 2 is 1.92 bits per heavy atom. The number of halogens is 1. The average molecular weight is 350 g/mol. The number of anilines is 1. The van der Waals surface area contributed by atoms with Crippen molar-refractivity contribution in [2.24, 2.45) is 0 Å². The van der Waals surface area contributed by atoms with E-state index < -0.39 is 5.95 Å². The maximum atomic E-state index is 13.4. The number of pyridine rings is 1. The van der Waals surface area contributed by atoms with Crippen molar-refractivity contribution in [1.82, 2.24) is 14.8 Å². The lowest BCUT2D eigenvalue weighted by atomic mass is 10.1. The largest absolute Gasteiger partial charge is 0.372 e. The van der Waals surface area contributed by atoms with E-state index in [4.69, 9.17) is 4.74 Å². The fraction of sp³-hybridized carbons (Fsp3) is 0.667. The number of hydrogen-bond acceptors (Lipinski definition) is 5. The molecule has 3 heterocycles. The van der Waals surface area contributed by atoms with Gasteiger partial charge >= 0.3 is 0 Å². The second-order valence-electron chi connectivity index (χ2n) is 7.15. The number of piperazine rings is 1. The Morgan fingerprint density at radius 3 is 2.56 bits per heavy atom. The van der Waals surface area contributed by atoms with Gasteiger partial charge in [-0.05, 0) is 32.9 Å². The van der Waals surface area contributed by atoms with Crippen LogP contribution in [0.4, 0.5) is 10.2 Å². The molecular formula is C18H27FN4O2. The van der Waals surface area contributed by atoms with Gasteiger partial charge in [-0.15, -0.1) is 0 Å². The molecule has 2 aliphatic rings. The molecule has 0 N–H and O–H groups in total. The molecule has 2 fully saturated rings. The standard InChI is InChI=1S/C18H27FN4O2/c1-13-9-21(7-8-23(13)17-6-4-5-16(19)20-17)12-18(24)22-10-14(2)25-15(3)11-22/h4-6,13-15H,7-12H2,1-3H3. The van der Waals surface area contributed by atoms with Gasteiger partial charge in [0, 0.05) is 38.8 Å². The summed E-state index contributed by atoms with van der Waals surface area (Å²) in [4.78, 5) is 22.8. The summed E-state index contributed by atoms with van der Waals surface area (Å²) >= 11 is 0. The van der Waals surface area contributed by atoms with E-state index in [1.807, 2.05) is 24.8 Å². The number of carbonyl (C=O) groups is 1. The monoisotopic (exact) mass is 350 g/mol. The molecule has 1 amide bonds. The number of rotatable bonds is 3. The molecule has 7 heteroatoms. The van der Waals surface area contributed by atoms with E-state index in [0.29, 0.717) is 25.5 Å². The van der Waals surface area contributed by atoms with Crippen molar-refractivity contribution in [3.8, 4) is 0 Å². The zero-order chi connectivity index (χ0) is 18.0. The molecular weight excluding hydrogens is 323 g/mol. The molecule has 3 unspecified atom stereocenters. The lowest BCUT2D eigenvalue weighted by Crippen LogP contribution is -2.56. The van der Waals surface area contributed by atoms with Crippen LogP contribution in [0.5, 0.6) is 0 Å². The van der Waals surface area contributed by atoms with E-state index in [0.717, 1.165) is 19.6 Å². The lowest BCUT2D eigenvalue weighted by Gasteiger charge is -2.41. The minimum Gasteiger partial charge on any atom is -0.372 e. The van der Waals surface area contributed by atoms with Crippen LogP contribution in [0.25, 0.3) is 0 Å². The first-order chi connectivity index (χ1) is 11.9. The molecule has 6 nitrogen and oxygen atoms in total. The van der Waals surface area contributed by atoms with Crippen molar-refractivity contribution in [1.29, 1.82) is 0 Å². The summed E-state index contributed by atoms with van der Waals surface area (Å²) in [6.07, 6.45) is 0.171. The summed E-state index contributed by atoms with van der Waals surface area (Å²) in [6.45, 7) is 10.1. The molecule has 1 aromatic heterocycles. The number of nitrogens with zero attached hydrogens (tertiary/aromatic N) is 4. The fourth-order valence-electron chi connectivity index (χ4n) is 3.75. The predicted molar refractivity (Wildman–Crippen MR) is 94.0 cm³/mol. The average Bonchev–Trinajstić information content (AvgIpc) is 2.54. The van der Waals surface area contributed by atoms with Crippen LogP contribution in [0, 0.1) is 5.95 Å². The minimum atomic E-state index is -0.460. The van der Waals surface area contributed by atoms with Crippen molar-refractivity contribution in [3.63, 3.8) is 0 Å². The van der Waals surface area contributed by atoms with Crippen molar-refractivity contribution in [2.45, 2.75) is 39.0 Å². The van der Waals surface area contributed by atoms with Gasteiger partial charge in [0.15, 0.2) is 0 Å². The van der Waals surface area contributed by atoms with E-state index >= 15 is 0 Å². The summed E-state index contributed by atoms with van der Waals surface area (Å²) in [5.41, 5.74) is 0. The number of hydrogen-bond donors (Lipinski definition) is 0. The van der Waals surface area contributed by atoms with Crippen LogP contribution in [0.1, 0.15) is 20.8 Å². The zero-order valence-corrected chi connectivity index (χ0v) is 15.2. The third-order valence-electron chi connectivity index (χ3n) is 4.84. The molecule has 25 heavy (non-hydrogen) atoms. The number of morpholine rings is 1. The van der Waals surface area contributed by atoms with Gasteiger partial charge in [-0.2, -0.15) is 4.39 Å². The van der Waals surface area contributed by atoms with E-state index in [-0.39, 0.29) is 24.2 Å². The van der Waals surface area contributed by atoms with Crippen LogP contribution in [0.2, 0.25) is 0 Å². The highest BCUT2D eigenvalue weighted by molar-refractivity contribution is 5.78. The first-order valence-electron chi connectivity index (χ1n) is 8.97. The molecule has 0 aromatic carbocycles. The second-order valence-corrected chi connectivity index (χ2v) is 7.15. The Morgan fingerprint density at radius 1 is 1.20 bits per heavy atom. The SMILES string of the molecule is CC1CN(C(=O)CN2CCN(c3cccc(F)n3)C(C)C2)CC(C)O1. The van der Waals surface area contributed by atoms with E-state index in [9.17, 15) is 9.18 Å². The highest BCUT2D eigenvalue weighted by atomic mass is 19.1. The maximum absolute atomic E-state index is 13.4. The van der Waals surface area contributed by atoms with Crippen LogP contribution < -0.4 is 4.90 Å². The number of ether oxygens (including phenoxy) is 1. The van der Waals surface area contributed by atoms with Gasteiger partial charge in [-0.25, -0.2) is 4.98 Å². The molecule has 138 valence electrons. The summed E-state index contributed by atoms with van der Waals surface area (Å²) in [7, 11) is 0. The van der Waals surface area contributed by atoms with Gasteiger partial charge in [-0.3, -0.25) is 9.69 Å². The fourth-order valence-corrected chi connectivity index (χ4v) is 3.75. The van der Waals surface area contributed by atoms with Crippen LogP contribution in [-0.4, -0.2) is 78.2 Å². The van der Waals surface area contributed by atoms with Gasteiger partial charge in [0.2, 0.25) is 11.9 Å². The van der Waals surface area contributed by atoms with Crippen LogP contribution in [0.3, 0.4) is 0 Å². The van der Waals surface area contributed by atoms with Crippen molar-refractivity contribution >= 4 is 11.7 Å². The number of aromatic nitrogens is 1. The highest BCUT2D eigenvalue weighted by Crippen LogP contribution is 2.19. The van der Waals surface area contributed by atoms with Crippen molar-refractivity contribution in [3.05, 3.63) is 24.1 Å². The third-order valence-corrected chi connectivity index (χ3v) is 4.84. The maximum Gasteiger partial charge on any atom is 0.236 e. The Balaban J connectivity index is 1.55. The van der Waals surface area contributed by atoms with Crippen LogP contribution >= 0.6 is 0 Å². The molecule has 0 spiro atoms. The molecule has 2 aliphatic heterocycles. The molecule has 2 saturated heterocycles. The summed E-state index contributed by atoms with van der Waals surface area (Å²) in [5.74, 6) is 0.360. The zero-order valence-electron chi connectivity index (χ0n) is 15.2. The van der Waals surface area contributed by atoms with E-state index in [1.54, 1.807) is 6.07 Å². The van der Waals surface area contributed by atoms with Gasteiger partial charge < -0.3 is 14.5 Å². The lowest BCUT2D eigenvalue weighted by molar-refractivity contribution is -0.144. The first kappa shape index (κ1) is 18.1. The molecule has 0 radical (unpaired) electrons. The van der Waals surface area contributed by atoms with Crippen LogP contribution in [0.15, 0.2) is 18.2 Å². The second kappa shape index (κ2) is 7.66. The minimum absolute atomic E-state index is 0.0857. The smallest absolute Gasteiger partial charge is 0.236 e. The Hall–Kier alpha value is -1.73. The van der Waals surface area contributed by atoms with Gasteiger partial charge in [0.05, 0.1) is 18.8 Å². The molecule has 1 aromatic rings. The van der Waals surface area contributed by atoms with Gasteiger partial charge in [-0.1, -0.05) is 6.07 Å². The molecule has 3 rings (SSSR count). The van der Waals surface area contributed by atoms with E-state index in [2.05, 4.69) is 21.7 Å². The van der Waals surface area contributed by atoms with Crippen molar-refractivity contribution in [2.75, 3.05) is 44.2 Å². The third kappa shape index (κ3) is 4.46.